The predicted molar refractivity (Wildman–Crippen MR) is 42.6 cm³/mol. The summed E-state index contributed by atoms with van der Waals surface area (Å²) in [7, 11) is -3.94. The van der Waals surface area contributed by atoms with Crippen molar-refractivity contribution in [2.24, 2.45) is 0 Å². The van der Waals surface area contributed by atoms with E-state index < -0.39 is 41.8 Å². The fourth-order valence-corrected chi connectivity index (χ4v) is 1.10. The molecule has 0 radical (unpaired) electrons. The molecule has 0 rings (SSSR count). The lowest BCUT2D eigenvalue weighted by atomic mass is 10.3. The second kappa shape index (κ2) is 5.40. The van der Waals surface area contributed by atoms with Gasteiger partial charge in [-0.05, 0) is 0 Å². The first-order valence-electron chi connectivity index (χ1n) is 3.93. The van der Waals surface area contributed by atoms with Crippen LogP contribution in [0.25, 0.3) is 0 Å². The molecule has 0 aliphatic heterocycles. The number of ether oxygens (including phenoxy) is 1. The topological polar surface area (TPSA) is 52.6 Å². The van der Waals surface area contributed by atoms with Crippen molar-refractivity contribution in [3.63, 3.8) is 0 Å². The van der Waals surface area contributed by atoms with E-state index in [1.807, 2.05) is 0 Å². The lowest BCUT2D eigenvalue weighted by molar-refractivity contribution is -0.322. The minimum atomic E-state index is -5.62. The summed E-state index contributed by atoms with van der Waals surface area (Å²) in [5.41, 5.74) is 0. The standard InChI is InChI=1S/C6H8F6O4S/c1-17(13,14)16-3-2-15-4(5(7,8)9)6(10,11)12/h4H,2-3H2,1H3. The Kier molecular flexibility index (Phi) is 5.22. The van der Waals surface area contributed by atoms with Crippen molar-refractivity contribution in [3.05, 3.63) is 0 Å². The number of hydrogen-bond acceptors (Lipinski definition) is 4. The van der Waals surface area contributed by atoms with Crippen LogP contribution in [0, 0.1) is 0 Å². The zero-order chi connectivity index (χ0) is 13.9. The van der Waals surface area contributed by atoms with Gasteiger partial charge in [-0.15, -0.1) is 0 Å². The molecule has 0 saturated carbocycles. The molecule has 0 aliphatic carbocycles. The van der Waals surface area contributed by atoms with E-state index in [1.165, 1.54) is 0 Å². The lowest BCUT2D eigenvalue weighted by Crippen LogP contribution is -2.44. The highest BCUT2D eigenvalue weighted by molar-refractivity contribution is 7.85. The maximum absolute atomic E-state index is 11.9. The molecule has 4 nitrogen and oxygen atoms in total. The third-order valence-electron chi connectivity index (χ3n) is 1.26. The van der Waals surface area contributed by atoms with Gasteiger partial charge in [0.2, 0.25) is 6.10 Å². The monoisotopic (exact) mass is 290 g/mol. The highest BCUT2D eigenvalue weighted by atomic mass is 32.2. The average molecular weight is 290 g/mol. The van der Waals surface area contributed by atoms with Gasteiger partial charge in [0.25, 0.3) is 10.1 Å². The van der Waals surface area contributed by atoms with Crippen LogP contribution in [-0.4, -0.2) is 46.3 Å². The molecular weight excluding hydrogens is 282 g/mol. The minimum absolute atomic E-state index is 0.595. The molecule has 0 fully saturated rings. The van der Waals surface area contributed by atoms with Crippen molar-refractivity contribution < 1.29 is 43.7 Å². The van der Waals surface area contributed by atoms with Gasteiger partial charge in [-0.3, -0.25) is 4.18 Å². The Morgan fingerprint density at radius 3 is 1.71 bits per heavy atom. The summed E-state index contributed by atoms with van der Waals surface area (Å²) in [6.45, 7) is -2.09. The molecule has 0 heterocycles. The molecule has 104 valence electrons. The largest absolute Gasteiger partial charge is 0.423 e. The summed E-state index contributed by atoms with van der Waals surface area (Å²) < 4.78 is 99.4. The van der Waals surface area contributed by atoms with Gasteiger partial charge >= 0.3 is 12.4 Å². The van der Waals surface area contributed by atoms with E-state index in [0.717, 1.165) is 0 Å². The Hall–Kier alpha value is -0.550. The van der Waals surface area contributed by atoms with E-state index in [4.69, 9.17) is 0 Å². The molecule has 0 aromatic carbocycles. The lowest BCUT2D eigenvalue weighted by Gasteiger charge is -2.22. The quantitative estimate of drug-likeness (QED) is 0.437. The van der Waals surface area contributed by atoms with Crippen LogP contribution in [0.15, 0.2) is 0 Å². The van der Waals surface area contributed by atoms with Crippen LogP contribution in [0.2, 0.25) is 0 Å². The number of alkyl halides is 6. The molecule has 0 atom stereocenters. The van der Waals surface area contributed by atoms with Crippen molar-refractivity contribution in [2.45, 2.75) is 18.5 Å². The normalized spacial score (nSPS) is 14.4. The van der Waals surface area contributed by atoms with Crippen molar-refractivity contribution >= 4 is 10.1 Å². The van der Waals surface area contributed by atoms with Crippen LogP contribution in [0.4, 0.5) is 26.3 Å². The molecule has 0 aliphatic rings. The van der Waals surface area contributed by atoms with Gasteiger partial charge < -0.3 is 4.74 Å². The Bertz CT molecular complexity index is 317. The van der Waals surface area contributed by atoms with Crippen LogP contribution in [0.5, 0.6) is 0 Å². The minimum Gasteiger partial charge on any atom is -0.358 e. The Morgan fingerprint density at radius 2 is 1.41 bits per heavy atom. The van der Waals surface area contributed by atoms with E-state index in [2.05, 4.69) is 8.92 Å². The summed E-state index contributed by atoms with van der Waals surface area (Å²) in [6.07, 6.45) is -14.6. The summed E-state index contributed by atoms with van der Waals surface area (Å²) in [5, 5.41) is 0. The average Bonchev–Trinajstić information content (AvgIpc) is 1.95. The van der Waals surface area contributed by atoms with Crippen LogP contribution in [-0.2, 0) is 19.0 Å². The van der Waals surface area contributed by atoms with E-state index in [1.54, 1.807) is 0 Å². The third-order valence-corrected chi connectivity index (χ3v) is 1.85. The van der Waals surface area contributed by atoms with Gasteiger partial charge in [0, 0.05) is 0 Å². The van der Waals surface area contributed by atoms with Crippen molar-refractivity contribution in [2.75, 3.05) is 19.5 Å². The Balaban J connectivity index is 4.31. The number of hydrogen-bond donors (Lipinski definition) is 0. The molecule has 0 amide bonds. The van der Waals surface area contributed by atoms with Crippen LogP contribution in [0.1, 0.15) is 0 Å². The highest BCUT2D eigenvalue weighted by Gasteiger charge is 2.57. The zero-order valence-electron chi connectivity index (χ0n) is 8.30. The van der Waals surface area contributed by atoms with E-state index >= 15 is 0 Å². The Morgan fingerprint density at radius 1 is 1.00 bits per heavy atom. The molecule has 0 unspecified atom stereocenters. The van der Waals surface area contributed by atoms with Gasteiger partial charge in [-0.25, -0.2) is 0 Å². The summed E-state index contributed by atoms with van der Waals surface area (Å²) >= 11 is 0. The summed E-state index contributed by atoms with van der Waals surface area (Å²) in [6, 6.07) is 0. The van der Waals surface area contributed by atoms with Gasteiger partial charge in [-0.2, -0.15) is 34.8 Å². The molecule has 17 heavy (non-hydrogen) atoms. The van der Waals surface area contributed by atoms with Gasteiger partial charge in [-0.1, -0.05) is 0 Å². The molecule has 0 N–H and O–H groups in total. The van der Waals surface area contributed by atoms with Gasteiger partial charge in [0.15, 0.2) is 0 Å². The molecule has 0 bridgehead atoms. The van der Waals surface area contributed by atoms with E-state index in [9.17, 15) is 34.8 Å². The Labute approximate surface area is 92.6 Å². The first-order valence-corrected chi connectivity index (χ1v) is 5.75. The van der Waals surface area contributed by atoms with E-state index in [0.29, 0.717) is 6.26 Å². The smallest absolute Gasteiger partial charge is 0.358 e. The third kappa shape index (κ3) is 7.39. The fourth-order valence-electron chi connectivity index (χ4n) is 0.726. The summed E-state index contributed by atoms with van der Waals surface area (Å²) in [5.74, 6) is 0. The van der Waals surface area contributed by atoms with Crippen molar-refractivity contribution in [3.8, 4) is 0 Å². The first kappa shape index (κ1) is 16.4. The fraction of sp³-hybridized carbons (Fsp3) is 1.00. The van der Waals surface area contributed by atoms with E-state index in [-0.39, 0.29) is 0 Å². The second-order valence-electron chi connectivity index (χ2n) is 2.86. The zero-order valence-corrected chi connectivity index (χ0v) is 9.12. The second-order valence-corrected chi connectivity index (χ2v) is 4.50. The first-order chi connectivity index (χ1) is 7.34. The number of rotatable bonds is 5. The van der Waals surface area contributed by atoms with Crippen LogP contribution >= 0.6 is 0 Å². The number of halogens is 6. The maximum Gasteiger partial charge on any atom is 0.423 e. The molecule has 11 heteroatoms. The van der Waals surface area contributed by atoms with Gasteiger partial charge in [0.05, 0.1) is 19.5 Å². The predicted octanol–water partition coefficient (Wildman–Crippen LogP) is 1.47. The van der Waals surface area contributed by atoms with Crippen molar-refractivity contribution in [1.82, 2.24) is 0 Å². The maximum atomic E-state index is 11.9. The molecule has 0 spiro atoms. The van der Waals surface area contributed by atoms with Crippen LogP contribution < -0.4 is 0 Å². The SMILES string of the molecule is CS(=O)(=O)OCCOC(C(F)(F)F)C(F)(F)F. The molecule has 0 aromatic rings. The molecule has 0 aromatic heterocycles. The molecule has 0 saturated heterocycles. The highest BCUT2D eigenvalue weighted by Crippen LogP contribution is 2.35. The summed E-state index contributed by atoms with van der Waals surface area (Å²) in [4.78, 5) is 0. The molecular formula is C6H8F6O4S. The van der Waals surface area contributed by atoms with Gasteiger partial charge in [0.1, 0.15) is 0 Å². The van der Waals surface area contributed by atoms with Crippen molar-refractivity contribution in [1.29, 1.82) is 0 Å². The van der Waals surface area contributed by atoms with Crippen LogP contribution in [0.3, 0.4) is 0 Å².